The molecule has 8 heteroatoms. The van der Waals surface area contributed by atoms with Crippen molar-refractivity contribution in [3.63, 3.8) is 0 Å². The van der Waals surface area contributed by atoms with Crippen LogP contribution in [-0.4, -0.2) is 49.0 Å². The highest BCUT2D eigenvalue weighted by Crippen LogP contribution is 2.24. The largest absolute Gasteiger partial charge is 0.497 e. The molecule has 0 N–H and O–H groups in total. The van der Waals surface area contributed by atoms with E-state index < -0.39 is 10.0 Å². The molecule has 1 aromatic carbocycles. The summed E-state index contributed by atoms with van der Waals surface area (Å²) in [6.45, 7) is 2.57. The van der Waals surface area contributed by atoms with E-state index in [1.807, 2.05) is 0 Å². The second-order valence-corrected chi connectivity index (χ2v) is 7.80. The van der Waals surface area contributed by atoms with E-state index in [4.69, 9.17) is 9.47 Å². The third kappa shape index (κ3) is 4.08. The van der Waals surface area contributed by atoms with Gasteiger partial charge in [0.15, 0.2) is 0 Å². The molecule has 0 bridgehead atoms. The van der Waals surface area contributed by atoms with Crippen LogP contribution >= 0.6 is 0 Å². The fourth-order valence-corrected chi connectivity index (χ4v) is 4.30. The van der Waals surface area contributed by atoms with Crippen LogP contribution < -0.4 is 9.47 Å². The molecule has 2 heterocycles. The van der Waals surface area contributed by atoms with Crippen LogP contribution in [0.4, 0.5) is 0 Å². The molecule has 0 aliphatic carbocycles. The standard InChI is InChI=1S/C17H21N3O4S/c1-13-18-10-9-17(19-13)24-15-4-3-11-20(12-15)25(21,22)16-7-5-14(23-2)6-8-16/h5-10,15H,3-4,11-12H2,1-2H3. The number of ether oxygens (including phenoxy) is 2. The third-order valence-electron chi connectivity index (χ3n) is 4.08. The van der Waals surface area contributed by atoms with E-state index >= 15 is 0 Å². The topological polar surface area (TPSA) is 81.6 Å². The maximum Gasteiger partial charge on any atom is 0.243 e. The first-order valence-electron chi connectivity index (χ1n) is 8.09. The highest BCUT2D eigenvalue weighted by Gasteiger charge is 2.31. The zero-order valence-corrected chi connectivity index (χ0v) is 15.1. The molecule has 1 fully saturated rings. The molecule has 2 aromatic rings. The monoisotopic (exact) mass is 363 g/mol. The van der Waals surface area contributed by atoms with Crippen molar-refractivity contribution in [2.45, 2.75) is 30.8 Å². The Labute approximate surface area is 147 Å². The molecule has 1 aliphatic rings. The molecule has 1 aliphatic heterocycles. The molecule has 0 saturated carbocycles. The van der Waals surface area contributed by atoms with Crippen molar-refractivity contribution >= 4 is 10.0 Å². The Bertz CT molecular complexity index is 824. The van der Waals surface area contributed by atoms with Crippen LogP contribution in [0.15, 0.2) is 41.4 Å². The van der Waals surface area contributed by atoms with Gasteiger partial charge in [-0.15, -0.1) is 0 Å². The molecule has 3 rings (SSSR count). The van der Waals surface area contributed by atoms with Crippen LogP contribution in [0.3, 0.4) is 0 Å². The number of sulfonamides is 1. The van der Waals surface area contributed by atoms with Crippen LogP contribution in [0.2, 0.25) is 0 Å². The van der Waals surface area contributed by atoms with Crippen molar-refractivity contribution in [3.8, 4) is 11.6 Å². The number of methoxy groups -OCH3 is 1. The number of hydrogen-bond acceptors (Lipinski definition) is 6. The predicted molar refractivity (Wildman–Crippen MR) is 92.2 cm³/mol. The van der Waals surface area contributed by atoms with E-state index in [1.165, 1.54) is 4.31 Å². The van der Waals surface area contributed by atoms with Gasteiger partial charge in [0.1, 0.15) is 17.7 Å². The summed E-state index contributed by atoms with van der Waals surface area (Å²) < 4.78 is 38.1. The molecule has 1 aromatic heterocycles. The Hall–Kier alpha value is -2.19. The second kappa shape index (κ2) is 7.37. The average molecular weight is 363 g/mol. The van der Waals surface area contributed by atoms with Crippen molar-refractivity contribution in [1.29, 1.82) is 0 Å². The molecule has 1 saturated heterocycles. The van der Waals surface area contributed by atoms with Gasteiger partial charge >= 0.3 is 0 Å². The molecule has 0 amide bonds. The van der Waals surface area contributed by atoms with Gasteiger partial charge in [-0.1, -0.05) is 0 Å². The summed E-state index contributed by atoms with van der Waals surface area (Å²) in [5, 5.41) is 0. The van der Waals surface area contributed by atoms with E-state index in [0.717, 1.165) is 12.8 Å². The zero-order valence-electron chi connectivity index (χ0n) is 14.3. The predicted octanol–water partition coefficient (Wildman–Crippen LogP) is 2.03. The Balaban J connectivity index is 1.73. The van der Waals surface area contributed by atoms with E-state index in [-0.39, 0.29) is 11.0 Å². The minimum Gasteiger partial charge on any atom is -0.497 e. The summed E-state index contributed by atoms with van der Waals surface area (Å²) in [7, 11) is -2.01. The Morgan fingerprint density at radius 3 is 2.64 bits per heavy atom. The lowest BCUT2D eigenvalue weighted by atomic mass is 10.1. The quantitative estimate of drug-likeness (QED) is 0.808. The summed E-state index contributed by atoms with van der Waals surface area (Å²) in [4.78, 5) is 8.51. The minimum absolute atomic E-state index is 0.226. The number of rotatable bonds is 5. The maximum atomic E-state index is 12.8. The number of hydrogen-bond donors (Lipinski definition) is 0. The van der Waals surface area contributed by atoms with Crippen LogP contribution in [0.1, 0.15) is 18.7 Å². The Kier molecular flexibility index (Phi) is 5.19. The summed E-state index contributed by atoms with van der Waals surface area (Å²) in [6, 6.07) is 8.10. The molecule has 0 spiro atoms. The first kappa shape index (κ1) is 17.6. The first-order valence-corrected chi connectivity index (χ1v) is 9.53. The van der Waals surface area contributed by atoms with Gasteiger partial charge in [0.2, 0.25) is 15.9 Å². The van der Waals surface area contributed by atoms with Crippen molar-refractivity contribution in [2.75, 3.05) is 20.2 Å². The molecule has 1 atom stereocenters. The fraction of sp³-hybridized carbons (Fsp3) is 0.412. The van der Waals surface area contributed by atoms with Gasteiger partial charge in [-0.05, 0) is 44.0 Å². The molecule has 25 heavy (non-hydrogen) atoms. The van der Waals surface area contributed by atoms with Crippen molar-refractivity contribution in [1.82, 2.24) is 14.3 Å². The lowest BCUT2D eigenvalue weighted by Gasteiger charge is -2.31. The number of piperidine rings is 1. The van der Waals surface area contributed by atoms with Gasteiger partial charge in [0.25, 0.3) is 0 Å². The summed E-state index contributed by atoms with van der Waals surface area (Å²) in [5.41, 5.74) is 0. The summed E-state index contributed by atoms with van der Waals surface area (Å²) >= 11 is 0. The van der Waals surface area contributed by atoms with Crippen LogP contribution in [-0.2, 0) is 10.0 Å². The molecular formula is C17H21N3O4S. The van der Waals surface area contributed by atoms with Gasteiger partial charge in [0, 0.05) is 18.8 Å². The van der Waals surface area contributed by atoms with E-state index in [9.17, 15) is 8.42 Å². The molecular weight excluding hydrogens is 342 g/mol. The highest BCUT2D eigenvalue weighted by atomic mass is 32.2. The fourth-order valence-electron chi connectivity index (χ4n) is 2.79. The second-order valence-electron chi connectivity index (χ2n) is 5.86. The normalized spacial score (nSPS) is 18.7. The number of benzene rings is 1. The highest BCUT2D eigenvalue weighted by molar-refractivity contribution is 7.89. The zero-order chi connectivity index (χ0) is 17.9. The smallest absolute Gasteiger partial charge is 0.243 e. The van der Waals surface area contributed by atoms with Crippen LogP contribution in [0, 0.1) is 6.92 Å². The molecule has 7 nitrogen and oxygen atoms in total. The molecule has 0 radical (unpaired) electrons. The third-order valence-corrected chi connectivity index (χ3v) is 5.96. The molecule has 1 unspecified atom stereocenters. The number of aryl methyl sites for hydroxylation is 1. The average Bonchev–Trinajstić information content (AvgIpc) is 2.62. The van der Waals surface area contributed by atoms with Crippen LogP contribution in [0.5, 0.6) is 11.6 Å². The minimum atomic E-state index is -3.56. The van der Waals surface area contributed by atoms with Gasteiger partial charge in [0.05, 0.1) is 18.6 Å². The van der Waals surface area contributed by atoms with Crippen LogP contribution in [0.25, 0.3) is 0 Å². The first-order chi connectivity index (χ1) is 12.0. The SMILES string of the molecule is COc1ccc(S(=O)(=O)N2CCCC(Oc3ccnc(C)n3)C2)cc1. The van der Waals surface area contributed by atoms with Crippen molar-refractivity contribution in [2.24, 2.45) is 0 Å². The van der Waals surface area contributed by atoms with Crippen molar-refractivity contribution in [3.05, 3.63) is 42.4 Å². The van der Waals surface area contributed by atoms with Gasteiger partial charge in [-0.3, -0.25) is 0 Å². The number of nitrogens with zero attached hydrogens (tertiary/aromatic N) is 3. The Morgan fingerprint density at radius 1 is 1.20 bits per heavy atom. The van der Waals surface area contributed by atoms with Gasteiger partial charge in [-0.25, -0.2) is 13.4 Å². The van der Waals surface area contributed by atoms with E-state index in [1.54, 1.807) is 50.6 Å². The van der Waals surface area contributed by atoms with Crippen molar-refractivity contribution < 1.29 is 17.9 Å². The van der Waals surface area contributed by atoms with Gasteiger partial charge < -0.3 is 9.47 Å². The lowest BCUT2D eigenvalue weighted by Crippen LogP contribution is -2.44. The molecule has 134 valence electrons. The van der Waals surface area contributed by atoms with E-state index in [2.05, 4.69) is 9.97 Å². The summed E-state index contributed by atoms with van der Waals surface area (Å²) in [5.74, 6) is 1.72. The maximum absolute atomic E-state index is 12.8. The Morgan fingerprint density at radius 2 is 1.96 bits per heavy atom. The lowest BCUT2D eigenvalue weighted by molar-refractivity contribution is 0.124. The van der Waals surface area contributed by atoms with Gasteiger partial charge in [-0.2, -0.15) is 9.29 Å². The van der Waals surface area contributed by atoms with E-state index in [0.29, 0.717) is 30.5 Å². The number of aromatic nitrogens is 2. The summed E-state index contributed by atoms with van der Waals surface area (Å²) in [6.07, 6.45) is 2.94.